The van der Waals surface area contributed by atoms with Gasteiger partial charge in [-0.05, 0) is 24.4 Å². The molecule has 0 aliphatic carbocycles. The van der Waals surface area contributed by atoms with Crippen LogP contribution in [0.25, 0.3) is 0 Å². The molecule has 1 aromatic carbocycles. The van der Waals surface area contributed by atoms with Crippen molar-refractivity contribution < 1.29 is 19.7 Å². The fourth-order valence-electron chi connectivity index (χ4n) is 0.842. The van der Waals surface area contributed by atoms with Crippen molar-refractivity contribution in [3.63, 3.8) is 0 Å². The van der Waals surface area contributed by atoms with Crippen molar-refractivity contribution in [2.75, 3.05) is 0 Å². The Balaban J connectivity index is 3.17. The molecule has 0 aromatic heterocycles. The molecular weight excluding hydrogens is 192 g/mol. The second kappa shape index (κ2) is 3.86. The third-order valence-corrected chi connectivity index (χ3v) is 1.50. The van der Waals surface area contributed by atoms with Crippen molar-refractivity contribution in [3.05, 3.63) is 23.8 Å². The van der Waals surface area contributed by atoms with Crippen LogP contribution >= 0.6 is 12.2 Å². The van der Waals surface area contributed by atoms with Crippen molar-refractivity contribution in [1.82, 2.24) is 0 Å². The molecule has 0 saturated carbocycles. The van der Waals surface area contributed by atoms with E-state index in [4.69, 9.17) is 9.84 Å². The predicted octanol–water partition coefficient (Wildman–Crippen LogP) is 1.43. The Morgan fingerprint density at radius 1 is 1.54 bits per heavy atom. The fourth-order valence-corrected chi connectivity index (χ4v) is 0.946. The first-order valence-corrected chi connectivity index (χ1v) is 3.79. The lowest BCUT2D eigenvalue weighted by Crippen LogP contribution is -1.98. The van der Waals surface area contributed by atoms with Gasteiger partial charge in [-0.3, -0.25) is 0 Å². The largest absolute Gasteiger partial charge is 0.504 e. The van der Waals surface area contributed by atoms with Gasteiger partial charge in [-0.25, -0.2) is 4.79 Å². The van der Waals surface area contributed by atoms with Crippen LogP contribution in [-0.2, 0) is 0 Å². The van der Waals surface area contributed by atoms with E-state index in [1.165, 1.54) is 18.2 Å². The number of carboxylic acid groups (broad SMARTS) is 1. The average molecular weight is 198 g/mol. The summed E-state index contributed by atoms with van der Waals surface area (Å²) in [6, 6.07) is 4.15. The van der Waals surface area contributed by atoms with Gasteiger partial charge in [0.2, 0.25) is 0 Å². The van der Waals surface area contributed by atoms with Gasteiger partial charge in [-0.1, -0.05) is 6.07 Å². The lowest BCUT2D eigenvalue weighted by molar-refractivity contribution is 0.0693. The number of aromatic carboxylic acids is 1. The number of carboxylic acids is 1. The second-order valence-electron chi connectivity index (χ2n) is 2.17. The number of carbonyl (C=O) groups is 1. The van der Waals surface area contributed by atoms with Crippen LogP contribution < -0.4 is 4.74 Å². The summed E-state index contributed by atoms with van der Waals surface area (Å²) in [7, 11) is 0. The number of thiocarbonyl (C=S) groups is 1. The molecule has 68 valence electrons. The highest BCUT2D eigenvalue weighted by atomic mass is 32.1. The number of hydrogen-bond donors (Lipinski definition) is 2. The van der Waals surface area contributed by atoms with E-state index in [9.17, 15) is 9.90 Å². The summed E-state index contributed by atoms with van der Waals surface area (Å²) in [6.07, 6.45) is 0. The van der Waals surface area contributed by atoms with Gasteiger partial charge in [-0.2, -0.15) is 0 Å². The van der Waals surface area contributed by atoms with Gasteiger partial charge in [0.1, 0.15) is 5.56 Å². The molecule has 0 unspecified atom stereocenters. The number of aromatic hydroxyl groups is 1. The summed E-state index contributed by atoms with van der Waals surface area (Å²) < 4.78 is 4.70. The van der Waals surface area contributed by atoms with E-state index in [2.05, 4.69) is 12.2 Å². The first-order chi connectivity index (χ1) is 6.16. The van der Waals surface area contributed by atoms with E-state index in [0.29, 0.717) is 0 Å². The topological polar surface area (TPSA) is 66.8 Å². The Morgan fingerprint density at radius 2 is 2.23 bits per heavy atom. The minimum absolute atomic E-state index is 0.0369. The van der Waals surface area contributed by atoms with E-state index in [1.54, 1.807) is 0 Å². The molecular formula is C8H6O4S. The van der Waals surface area contributed by atoms with E-state index >= 15 is 0 Å². The molecule has 5 heteroatoms. The third-order valence-electron chi connectivity index (χ3n) is 1.40. The molecule has 0 amide bonds. The molecule has 1 rings (SSSR count). The summed E-state index contributed by atoms with van der Waals surface area (Å²) >= 11 is 4.40. The van der Waals surface area contributed by atoms with Gasteiger partial charge in [0.25, 0.3) is 0 Å². The molecule has 0 spiro atoms. The molecule has 0 aliphatic heterocycles. The molecule has 0 fully saturated rings. The molecule has 0 bridgehead atoms. The van der Waals surface area contributed by atoms with Crippen molar-refractivity contribution in [2.24, 2.45) is 0 Å². The molecule has 0 heterocycles. The maximum Gasteiger partial charge on any atom is 0.339 e. The zero-order valence-electron chi connectivity index (χ0n) is 6.43. The van der Waals surface area contributed by atoms with Crippen molar-refractivity contribution in [3.8, 4) is 11.5 Å². The quantitative estimate of drug-likeness (QED) is 0.719. The van der Waals surface area contributed by atoms with E-state index in [-0.39, 0.29) is 11.3 Å². The maximum atomic E-state index is 10.5. The standard InChI is InChI=1S/C8H6O4S/c9-7-5(8(10)11)2-1-3-6(7)12-4-13/h1-4,9H,(H,10,11). The SMILES string of the molecule is O=C(O)c1cccc(OC=S)c1O. The summed E-state index contributed by atoms with van der Waals surface area (Å²) in [5.41, 5.74) is 0.732. The highest BCUT2D eigenvalue weighted by Gasteiger charge is 2.12. The van der Waals surface area contributed by atoms with E-state index in [0.717, 1.165) is 5.55 Å². The Bertz CT molecular complexity index is 348. The highest BCUT2D eigenvalue weighted by Crippen LogP contribution is 2.29. The van der Waals surface area contributed by atoms with Crippen LogP contribution in [0.15, 0.2) is 18.2 Å². The maximum absolute atomic E-state index is 10.5. The Hall–Kier alpha value is -1.62. The zero-order chi connectivity index (χ0) is 9.84. The van der Waals surface area contributed by atoms with Crippen LogP contribution in [-0.4, -0.2) is 21.7 Å². The van der Waals surface area contributed by atoms with Crippen LogP contribution in [0.1, 0.15) is 10.4 Å². The Kier molecular flexibility index (Phi) is 2.81. The first kappa shape index (κ1) is 9.47. The summed E-state index contributed by atoms with van der Waals surface area (Å²) in [5, 5.41) is 17.9. The van der Waals surface area contributed by atoms with Crippen LogP contribution in [0, 0.1) is 0 Å². The minimum Gasteiger partial charge on any atom is -0.504 e. The Morgan fingerprint density at radius 3 is 2.77 bits per heavy atom. The average Bonchev–Trinajstić information content (AvgIpc) is 2.08. The second-order valence-corrected chi connectivity index (χ2v) is 2.36. The van der Waals surface area contributed by atoms with Crippen LogP contribution in [0.4, 0.5) is 0 Å². The third kappa shape index (κ3) is 1.94. The number of rotatable bonds is 3. The van der Waals surface area contributed by atoms with E-state index in [1.807, 2.05) is 0 Å². The Labute approximate surface area is 79.4 Å². The fraction of sp³-hybridized carbons (Fsp3) is 0. The smallest absolute Gasteiger partial charge is 0.339 e. The summed E-state index contributed by atoms with van der Waals surface area (Å²) in [6.45, 7) is 0. The number of phenols is 1. The van der Waals surface area contributed by atoms with Gasteiger partial charge >= 0.3 is 5.97 Å². The first-order valence-electron chi connectivity index (χ1n) is 3.32. The van der Waals surface area contributed by atoms with Gasteiger partial charge in [0.15, 0.2) is 17.1 Å². The molecule has 0 aliphatic rings. The normalized spacial score (nSPS) is 9.23. The van der Waals surface area contributed by atoms with Crippen molar-refractivity contribution >= 4 is 23.7 Å². The minimum atomic E-state index is -1.22. The number of benzene rings is 1. The highest BCUT2D eigenvalue weighted by molar-refractivity contribution is 7.78. The van der Waals surface area contributed by atoms with Gasteiger partial charge in [0, 0.05) is 0 Å². The van der Waals surface area contributed by atoms with Crippen molar-refractivity contribution in [2.45, 2.75) is 0 Å². The summed E-state index contributed by atoms with van der Waals surface area (Å²) in [4.78, 5) is 10.5. The molecule has 0 atom stereocenters. The van der Waals surface area contributed by atoms with Gasteiger partial charge in [-0.15, -0.1) is 0 Å². The van der Waals surface area contributed by atoms with E-state index < -0.39 is 11.7 Å². The summed E-state index contributed by atoms with van der Waals surface area (Å²) in [5.74, 6) is -1.60. The van der Waals surface area contributed by atoms with Crippen LogP contribution in [0.2, 0.25) is 0 Å². The molecule has 0 saturated heterocycles. The lowest BCUT2D eigenvalue weighted by atomic mass is 10.2. The van der Waals surface area contributed by atoms with Crippen LogP contribution in [0.5, 0.6) is 11.5 Å². The van der Waals surface area contributed by atoms with Crippen LogP contribution in [0.3, 0.4) is 0 Å². The molecule has 1 aromatic rings. The number of ether oxygens (including phenoxy) is 1. The van der Waals surface area contributed by atoms with Crippen molar-refractivity contribution in [1.29, 1.82) is 0 Å². The molecule has 13 heavy (non-hydrogen) atoms. The van der Waals surface area contributed by atoms with Gasteiger partial charge in [0.05, 0.1) is 0 Å². The zero-order valence-corrected chi connectivity index (χ0v) is 7.25. The monoisotopic (exact) mass is 198 g/mol. The number of para-hydroxylation sites is 1. The lowest BCUT2D eigenvalue weighted by Gasteiger charge is -2.04. The number of hydrogen-bond acceptors (Lipinski definition) is 4. The molecule has 4 nitrogen and oxygen atoms in total. The molecule has 2 N–H and O–H groups in total. The molecule has 0 radical (unpaired) electrons. The predicted molar refractivity (Wildman–Crippen MR) is 49.3 cm³/mol. The van der Waals surface area contributed by atoms with Gasteiger partial charge < -0.3 is 14.9 Å².